The zero-order valence-electron chi connectivity index (χ0n) is 17.8. The summed E-state index contributed by atoms with van der Waals surface area (Å²) >= 11 is 1.11. The third kappa shape index (κ3) is 5.37. The molecule has 1 amide bonds. The van der Waals surface area contributed by atoms with Gasteiger partial charge >= 0.3 is 6.18 Å². The number of halogens is 3. The summed E-state index contributed by atoms with van der Waals surface area (Å²) in [5.74, 6) is 0.641. The first-order chi connectivity index (χ1) is 16.3. The number of carbonyl (C=O) groups excluding carboxylic acids is 1. The van der Waals surface area contributed by atoms with Gasteiger partial charge < -0.3 is 10.1 Å². The maximum atomic E-state index is 12.9. The normalized spacial score (nSPS) is 11.3. The molecule has 4 rings (SSSR count). The number of methoxy groups -OCH3 is 1. The third-order valence-corrected chi connectivity index (χ3v) is 5.62. The van der Waals surface area contributed by atoms with Crippen molar-refractivity contribution in [1.29, 1.82) is 0 Å². The average molecular weight is 485 g/mol. The van der Waals surface area contributed by atoms with E-state index in [0.717, 1.165) is 35.1 Å². The molecule has 0 fully saturated rings. The number of rotatable bonds is 7. The molecule has 0 aliphatic heterocycles. The van der Waals surface area contributed by atoms with E-state index in [1.54, 1.807) is 42.3 Å². The number of pyridine rings is 1. The van der Waals surface area contributed by atoms with E-state index in [1.165, 1.54) is 12.1 Å². The molecule has 0 saturated heterocycles. The van der Waals surface area contributed by atoms with Crippen LogP contribution in [0.1, 0.15) is 5.56 Å². The second kappa shape index (κ2) is 9.96. The second-order valence-corrected chi connectivity index (χ2v) is 7.94. The Labute approximate surface area is 197 Å². The van der Waals surface area contributed by atoms with Crippen molar-refractivity contribution in [3.05, 3.63) is 78.6 Å². The summed E-state index contributed by atoms with van der Waals surface area (Å²) in [5.41, 5.74) is 0.697. The van der Waals surface area contributed by atoms with Gasteiger partial charge in [0, 0.05) is 29.3 Å². The van der Waals surface area contributed by atoms with Crippen LogP contribution in [0.3, 0.4) is 0 Å². The lowest BCUT2D eigenvalue weighted by Gasteiger charge is -2.12. The molecule has 0 saturated carbocycles. The Morgan fingerprint density at radius 2 is 1.88 bits per heavy atom. The largest absolute Gasteiger partial charge is 0.497 e. The first-order valence-electron chi connectivity index (χ1n) is 9.95. The van der Waals surface area contributed by atoms with Gasteiger partial charge in [-0.15, -0.1) is 10.2 Å². The summed E-state index contributed by atoms with van der Waals surface area (Å²) < 4.78 is 45.8. The molecule has 2 aromatic heterocycles. The molecule has 0 aliphatic rings. The molecule has 0 bridgehead atoms. The van der Waals surface area contributed by atoms with Crippen LogP contribution in [0, 0.1) is 0 Å². The van der Waals surface area contributed by atoms with Crippen molar-refractivity contribution < 1.29 is 22.7 Å². The summed E-state index contributed by atoms with van der Waals surface area (Å²) in [6, 6.07) is 15.3. The summed E-state index contributed by atoms with van der Waals surface area (Å²) in [6.45, 7) is 0. The summed E-state index contributed by atoms with van der Waals surface area (Å²) in [6.07, 6.45) is -1.20. The molecule has 174 valence electrons. The van der Waals surface area contributed by atoms with E-state index < -0.39 is 17.6 Å². The number of alkyl halides is 3. The fraction of sp³-hybridized carbons (Fsp3) is 0.130. The highest BCUT2D eigenvalue weighted by atomic mass is 32.2. The summed E-state index contributed by atoms with van der Waals surface area (Å²) in [5, 5.41) is 11.4. The van der Waals surface area contributed by atoms with E-state index >= 15 is 0 Å². The molecule has 7 nitrogen and oxygen atoms in total. The predicted octanol–water partition coefficient (Wildman–Crippen LogP) is 5.09. The molecule has 11 heteroatoms. The van der Waals surface area contributed by atoms with Gasteiger partial charge in [0.2, 0.25) is 5.91 Å². The minimum absolute atomic E-state index is 0.0631. The van der Waals surface area contributed by atoms with Gasteiger partial charge in [-0.1, -0.05) is 17.8 Å². The van der Waals surface area contributed by atoms with Gasteiger partial charge in [0.25, 0.3) is 0 Å². The summed E-state index contributed by atoms with van der Waals surface area (Å²) in [7, 11) is 1.57. The molecular formula is C23H18F3N5O2S. The minimum Gasteiger partial charge on any atom is -0.497 e. The highest BCUT2D eigenvalue weighted by Crippen LogP contribution is 2.31. The van der Waals surface area contributed by atoms with E-state index in [4.69, 9.17) is 4.74 Å². The lowest BCUT2D eigenvalue weighted by Crippen LogP contribution is -2.15. The Morgan fingerprint density at radius 3 is 2.56 bits per heavy atom. The number of benzene rings is 2. The smallest absolute Gasteiger partial charge is 0.416 e. The molecule has 0 unspecified atom stereocenters. The van der Waals surface area contributed by atoms with Gasteiger partial charge in [-0.05, 0) is 54.6 Å². The van der Waals surface area contributed by atoms with Gasteiger partial charge in [-0.3, -0.25) is 14.3 Å². The second-order valence-electron chi connectivity index (χ2n) is 7.00. The van der Waals surface area contributed by atoms with E-state index in [9.17, 15) is 18.0 Å². The van der Waals surface area contributed by atoms with Crippen molar-refractivity contribution in [3.63, 3.8) is 0 Å². The Morgan fingerprint density at radius 1 is 1.09 bits per heavy atom. The number of anilines is 1. The van der Waals surface area contributed by atoms with Crippen molar-refractivity contribution >= 4 is 23.4 Å². The van der Waals surface area contributed by atoms with Crippen molar-refractivity contribution in [1.82, 2.24) is 19.7 Å². The maximum Gasteiger partial charge on any atom is 0.416 e. The molecule has 0 atom stereocenters. The zero-order valence-corrected chi connectivity index (χ0v) is 18.6. The van der Waals surface area contributed by atoms with Crippen LogP contribution in [0.15, 0.2) is 78.2 Å². The van der Waals surface area contributed by atoms with Gasteiger partial charge in [0.05, 0.1) is 18.4 Å². The maximum absolute atomic E-state index is 12.9. The molecule has 1 N–H and O–H groups in total. The standard InChI is InChI=1S/C23H18F3N5O2S/c1-33-19-9-7-18(8-10-19)31-21(15-4-3-11-27-13-15)29-30-22(31)34-14-20(32)28-17-6-2-5-16(12-17)23(24,25)26/h2-13H,14H2,1H3,(H,28,32). The fourth-order valence-electron chi connectivity index (χ4n) is 3.11. The zero-order chi connectivity index (χ0) is 24.1. The first kappa shape index (κ1) is 23.3. The van der Waals surface area contributed by atoms with Gasteiger partial charge in [-0.25, -0.2) is 0 Å². The van der Waals surface area contributed by atoms with Crippen LogP contribution < -0.4 is 10.1 Å². The van der Waals surface area contributed by atoms with Crippen LogP contribution in [0.4, 0.5) is 18.9 Å². The van der Waals surface area contributed by atoms with Crippen molar-refractivity contribution in [3.8, 4) is 22.8 Å². The van der Waals surface area contributed by atoms with Crippen LogP contribution in [0.5, 0.6) is 5.75 Å². The molecule has 4 aromatic rings. The SMILES string of the molecule is COc1ccc(-n2c(SCC(=O)Nc3cccc(C(F)(F)F)c3)nnc2-c2cccnc2)cc1. The number of carbonyl (C=O) groups is 1. The van der Waals surface area contributed by atoms with Gasteiger partial charge in [0.1, 0.15) is 5.75 Å². The molecule has 2 aromatic carbocycles. The Kier molecular flexibility index (Phi) is 6.82. The molecule has 2 heterocycles. The van der Waals surface area contributed by atoms with Crippen LogP contribution in [-0.2, 0) is 11.0 Å². The Balaban J connectivity index is 1.56. The minimum atomic E-state index is -4.49. The molecule has 0 aliphatic carbocycles. The highest BCUT2D eigenvalue weighted by Gasteiger charge is 2.30. The van der Waals surface area contributed by atoms with E-state index in [2.05, 4.69) is 20.5 Å². The number of nitrogens with one attached hydrogen (secondary N) is 1. The van der Waals surface area contributed by atoms with Crippen molar-refractivity contribution in [2.24, 2.45) is 0 Å². The van der Waals surface area contributed by atoms with Crippen LogP contribution in [0.25, 0.3) is 17.1 Å². The monoisotopic (exact) mass is 485 g/mol. The fourth-order valence-corrected chi connectivity index (χ4v) is 3.86. The topological polar surface area (TPSA) is 81.9 Å². The average Bonchev–Trinajstić information content (AvgIpc) is 3.27. The molecule has 0 radical (unpaired) electrons. The number of amides is 1. The van der Waals surface area contributed by atoms with Crippen LogP contribution >= 0.6 is 11.8 Å². The molecule has 34 heavy (non-hydrogen) atoms. The number of thioether (sulfide) groups is 1. The Hall–Kier alpha value is -3.86. The van der Waals surface area contributed by atoms with Crippen molar-refractivity contribution in [2.45, 2.75) is 11.3 Å². The van der Waals surface area contributed by atoms with Crippen LogP contribution in [0.2, 0.25) is 0 Å². The number of nitrogens with zero attached hydrogens (tertiary/aromatic N) is 4. The number of hydrogen-bond acceptors (Lipinski definition) is 6. The third-order valence-electron chi connectivity index (χ3n) is 4.69. The van der Waals surface area contributed by atoms with E-state index in [1.807, 2.05) is 18.2 Å². The molecular weight excluding hydrogens is 467 g/mol. The quantitative estimate of drug-likeness (QED) is 0.368. The Bertz CT molecular complexity index is 1280. The van der Waals surface area contributed by atoms with Crippen LogP contribution in [-0.4, -0.2) is 38.5 Å². The van der Waals surface area contributed by atoms with Crippen molar-refractivity contribution in [2.75, 3.05) is 18.2 Å². The highest BCUT2D eigenvalue weighted by molar-refractivity contribution is 7.99. The lowest BCUT2D eigenvalue weighted by molar-refractivity contribution is -0.137. The van der Waals surface area contributed by atoms with Gasteiger partial charge in [0.15, 0.2) is 11.0 Å². The van der Waals surface area contributed by atoms with Gasteiger partial charge in [-0.2, -0.15) is 13.2 Å². The number of ether oxygens (including phenoxy) is 1. The first-order valence-corrected chi connectivity index (χ1v) is 10.9. The van der Waals surface area contributed by atoms with E-state index in [0.29, 0.717) is 16.7 Å². The summed E-state index contributed by atoms with van der Waals surface area (Å²) in [4.78, 5) is 16.6. The lowest BCUT2D eigenvalue weighted by atomic mass is 10.2. The predicted molar refractivity (Wildman–Crippen MR) is 122 cm³/mol. The molecule has 0 spiro atoms. The number of hydrogen-bond donors (Lipinski definition) is 1. The number of aromatic nitrogens is 4. The van der Waals surface area contributed by atoms with E-state index in [-0.39, 0.29) is 11.4 Å².